The molecule has 0 atom stereocenters. The average Bonchev–Trinajstić information content (AvgIpc) is 3.08. The number of anilines is 2. The van der Waals surface area contributed by atoms with Gasteiger partial charge in [-0.3, -0.25) is 4.79 Å². The third kappa shape index (κ3) is 3.36. The SMILES string of the molecule is Cc1cc(CNC(=O)c2sc(NC3CC3)nc2N)sc1C. The summed E-state index contributed by atoms with van der Waals surface area (Å²) in [5.74, 6) is 0.150. The van der Waals surface area contributed by atoms with Crippen LogP contribution in [0.2, 0.25) is 0 Å². The Labute approximate surface area is 131 Å². The Bertz CT molecular complexity index is 653. The molecule has 2 heterocycles. The molecule has 2 aromatic rings. The number of carbonyl (C=O) groups excluding carboxylic acids is 1. The molecule has 1 aliphatic carbocycles. The first-order valence-corrected chi connectivity index (χ1v) is 8.53. The first-order valence-electron chi connectivity index (χ1n) is 6.90. The molecule has 4 N–H and O–H groups in total. The highest BCUT2D eigenvalue weighted by molar-refractivity contribution is 7.18. The molecule has 21 heavy (non-hydrogen) atoms. The second-order valence-corrected chi connectivity index (χ2v) is 7.63. The third-order valence-corrected chi connectivity index (χ3v) is 5.56. The molecular weight excluding hydrogens is 304 g/mol. The molecule has 0 radical (unpaired) electrons. The van der Waals surface area contributed by atoms with E-state index in [2.05, 4.69) is 35.5 Å². The third-order valence-electron chi connectivity index (χ3n) is 3.40. The van der Waals surface area contributed by atoms with Crippen molar-refractivity contribution in [1.82, 2.24) is 10.3 Å². The van der Waals surface area contributed by atoms with Crippen LogP contribution in [0, 0.1) is 13.8 Å². The van der Waals surface area contributed by atoms with Crippen LogP contribution < -0.4 is 16.4 Å². The maximum absolute atomic E-state index is 12.2. The first-order chi connectivity index (χ1) is 10.0. The molecule has 112 valence electrons. The van der Waals surface area contributed by atoms with Crippen LogP contribution in [0.4, 0.5) is 10.9 Å². The second kappa shape index (κ2) is 5.65. The van der Waals surface area contributed by atoms with Crippen molar-refractivity contribution in [1.29, 1.82) is 0 Å². The lowest BCUT2D eigenvalue weighted by molar-refractivity contribution is 0.0956. The monoisotopic (exact) mass is 322 g/mol. The fourth-order valence-electron chi connectivity index (χ4n) is 1.94. The van der Waals surface area contributed by atoms with Crippen molar-refractivity contribution in [2.24, 2.45) is 0 Å². The number of nitrogens with zero attached hydrogens (tertiary/aromatic N) is 1. The van der Waals surface area contributed by atoms with Crippen LogP contribution in [-0.2, 0) is 6.54 Å². The Balaban J connectivity index is 1.63. The highest BCUT2D eigenvalue weighted by atomic mass is 32.1. The van der Waals surface area contributed by atoms with Crippen LogP contribution in [-0.4, -0.2) is 16.9 Å². The summed E-state index contributed by atoms with van der Waals surface area (Å²) in [7, 11) is 0. The molecule has 0 spiro atoms. The minimum Gasteiger partial charge on any atom is -0.382 e. The summed E-state index contributed by atoms with van der Waals surface area (Å²) in [5, 5.41) is 6.92. The summed E-state index contributed by atoms with van der Waals surface area (Å²) in [6, 6.07) is 2.61. The van der Waals surface area contributed by atoms with Gasteiger partial charge in [0.2, 0.25) is 0 Å². The zero-order valence-corrected chi connectivity index (χ0v) is 13.7. The Morgan fingerprint density at radius 1 is 1.43 bits per heavy atom. The molecule has 2 aromatic heterocycles. The van der Waals surface area contributed by atoms with E-state index in [0.29, 0.717) is 23.3 Å². The van der Waals surface area contributed by atoms with Crippen molar-refractivity contribution in [3.8, 4) is 0 Å². The molecule has 0 saturated heterocycles. The number of carbonyl (C=O) groups is 1. The van der Waals surface area contributed by atoms with Crippen LogP contribution in [0.1, 0.15) is 37.8 Å². The normalized spacial score (nSPS) is 14.2. The number of amides is 1. The van der Waals surface area contributed by atoms with Gasteiger partial charge in [-0.05, 0) is 38.3 Å². The number of hydrogen-bond acceptors (Lipinski definition) is 6. The molecule has 0 bridgehead atoms. The first kappa shape index (κ1) is 14.3. The molecule has 0 aliphatic heterocycles. The van der Waals surface area contributed by atoms with Crippen molar-refractivity contribution in [3.05, 3.63) is 26.3 Å². The molecule has 0 unspecified atom stereocenters. The Morgan fingerprint density at radius 2 is 2.19 bits per heavy atom. The highest BCUT2D eigenvalue weighted by Crippen LogP contribution is 2.30. The van der Waals surface area contributed by atoms with E-state index in [1.165, 1.54) is 21.8 Å². The maximum Gasteiger partial charge on any atom is 0.265 e. The van der Waals surface area contributed by atoms with Gasteiger partial charge in [0.25, 0.3) is 5.91 Å². The van der Waals surface area contributed by atoms with E-state index >= 15 is 0 Å². The lowest BCUT2D eigenvalue weighted by Gasteiger charge is -2.01. The lowest BCUT2D eigenvalue weighted by atomic mass is 10.3. The number of aryl methyl sites for hydroxylation is 2. The van der Waals surface area contributed by atoms with Gasteiger partial charge in [0.1, 0.15) is 10.7 Å². The van der Waals surface area contributed by atoms with E-state index in [1.807, 2.05) is 0 Å². The van der Waals surface area contributed by atoms with E-state index in [9.17, 15) is 4.79 Å². The molecule has 1 fully saturated rings. The molecule has 3 rings (SSSR count). The minimum absolute atomic E-state index is 0.155. The Kier molecular flexibility index (Phi) is 3.86. The fourth-order valence-corrected chi connectivity index (χ4v) is 3.81. The van der Waals surface area contributed by atoms with Crippen molar-refractivity contribution >= 4 is 39.5 Å². The van der Waals surface area contributed by atoms with Gasteiger partial charge in [-0.1, -0.05) is 11.3 Å². The van der Waals surface area contributed by atoms with Gasteiger partial charge >= 0.3 is 0 Å². The van der Waals surface area contributed by atoms with Crippen LogP contribution in [0.3, 0.4) is 0 Å². The average molecular weight is 322 g/mol. The Morgan fingerprint density at radius 3 is 2.81 bits per heavy atom. The second-order valence-electron chi connectivity index (χ2n) is 5.29. The summed E-state index contributed by atoms with van der Waals surface area (Å²) in [6.07, 6.45) is 2.33. The predicted molar refractivity (Wildman–Crippen MR) is 88.1 cm³/mol. The number of nitrogens with one attached hydrogen (secondary N) is 2. The van der Waals surface area contributed by atoms with Crippen LogP contribution >= 0.6 is 22.7 Å². The van der Waals surface area contributed by atoms with Gasteiger partial charge in [0.15, 0.2) is 5.13 Å². The number of thiazole rings is 1. The summed E-state index contributed by atoms with van der Waals surface area (Å²) in [6.45, 7) is 4.69. The van der Waals surface area contributed by atoms with Gasteiger partial charge in [-0.15, -0.1) is 11.3 Å². The molecule has 7 heteroatoms. The van der Waals surface area contributed by atoms with Gasteiger partial charge in [-0.2, -0.15) is 0 Å². The van der Waals surface area contributed by atoms with Crippen molar-refractivity contribution < 1.29 is 4.79 Å². The highest BCUT2D eigenvalue weighted by Gasteiger charge is 2.24. The van der Waals surface area contributed by atoms with Crippen molar-refractivity contribution in [3.63, 3.8) is 0 Å². The van der Waals surface area contributed by atoms with Gasteiger partial charge < -0.3 is 16.4 Å². The number of thiophene rings is 1. The van der Waals surface area contributed by atoms with Gasteiger partial charge in [0.05, 0.1) is 6.54 Å². The zero-order chi connectivity index (χ0) is 15.0. The van der Waals surface area contributed by atoms with Crippen molar-refractivity contribution in [2.45, 2.75) is 39.3 Å². The van der Waals surface area contributed by atoms with Gasteiger partial charge in [0, 0.05) is 15.8 Å². The molecular formula is C14H18N4OS2. The number of nitrogens with two attached hydrogens (primary N) is 1. The summed E-state index contributed by atoms with van der Waals surface area (Å²) >= 11 is 3.03. The summed E-state index contributed by atoms with van der Waals surface area (Å²) in [5.41, 5.74) is 7.10. The quantitative estimate of drug-likeness (QED) is 0.791. The predicted octanol–water partition coefficient (Wildman–Crippen LogP) is 2.91. The molecule has 5 nitrogen and oxygen atoms in total. The maximum atomic E-state index is 12.2. The van der Waals surface area contributed by atoms with Crippen LogP contribution in [0.15, 0.2) is 6.07 Å². The van der Waals surface area contributed by atoms with Crippen LogP contribution in [0.25, 0.3) is 0 Å². The van der Waals surface area contributed by atoms with Gasteiger partial charge in [-0.25, -0.2) is 4.98 Å². The van der Waals surface area contributed by atoms with E-state index in [-0.39, 0.29) is 5.91 Å². The summed E-state index contributed by atoms with van der Waals surface area (Å²) < 4.78 is 0. The standard InChI is InChI=1S/C14H18N4OS2/c1-7-5-10(20-8(7)2)6-16-13(19)11-12(15)18-14(21-11)17-9-3-4-9/h5,9H,3-4,6,15H2,1-2H3,(H,16,19)(H,17,18). The largest absolute Gasteiger partial charge is 0.382 e. The van der Waals surface area contributed by atoms with E-state index in [4.69, 9.17) is 5.73 Å². The smallest absolute Gasteiger partial charge is 0.265 e. The van der Waals surface area contributed by atoms with E-state index in [1.54, 1.807) is 11.3 Å². The van der Waals surface area contributed by atoms with E-state index < -0.39 is 0 Å². The number of aromatic nitrogens is 1. The van der Waals surface area contributed by atoms with Crippen LogP contribution in [0.5, 0.6) is 0 Å². The molecule has 1 saturated carbocycles. The minimum atomic E-state index is -0.155. The lowest BCUT2D eigenvalue weighted by Crippen LogP contribution is -2.22. The molecule has 0 aromatic carbocycles. The fraction of sp³-hybridized carbons (Fsp3) is 0.429. The van der Waals surface area contributed by atoms with E-state index in [0.717, 1.165) is 22.9 Å². The zero-order valence-electron chi connectivity index (χ0n) is 12.0. The van der Waals surface area contributed by atoms with Crippen molar-refractivity contribution in [2.75, 3.05) is 11.1 Å². The molecule has 1 aliphatic rings. The topological polar surface area (TPSA) is 80.0 Å². The number of rotatable bonds is 5. The Hall–Kier alpha value is -1.60. The number of hydrogen-bond donors (Lipinski definition) is 3. The molecule has 1 amide bonds. The summed E-state index contributed by atoms with van der Waals surface area (Å²) in [4.78, 5) is 19.3. The number of nitrogen functional groups attached to an aromatic ring is 1.